The van der Waals surface area contributed by atoms with E-state index in [2.05, 4.69) is 0 Å². The summed E-state index contributed by atoms with van der Waals surface area (Å²) in [6.07, 6.45) is 0.641. The van der Waals surface area contributed by atoms with Crippen LogP contribution in [0.3, 0.4) is 0 Å². The van der Waals surface area contributed by atoms with Crippen LogP contribution in [0.15, 0.2) is 27.4 Å². The molecule has 1 aromatic carbocycles. The number of aldehydes is 1. The lowest BCUT2D eigenvalue weighted by atomic mass is 10.1. The van der Waals surface area contributed by atoms with E-state index >= 15 is 0 Å². The molecule has 0 spiro atoms. The van der Waals surface area contributed by atoms with Crippen LogP contribution in [0.4, 0.5) is 0 Å². The predicted molar refractivity (Wildman–Crippen MR) is 54.4 cm³/mol. The van der Waals surface area contributed by atoms with Gasteiger partial charge in [-0.25, -0.2) is 4.79 Å². The molecule has 1 heterocycles. The first-order valence-corrected chi connectivity index (χ1v) is 4.44. The molecular formula is C10H10N2O3. The van der Waals surface area contributed by atoms with E-state index < -0.39 is 11.8 Å². The van der Waals surface area contributed by atoms with Crippen LogP contribution in [0.25, 0.3) is 11.1 Å². The molecular weight excluding hydrogens is 196 g/mol. The maximum Gasteiger partial charge on any atom is 0.419 e. The Morgan fingerprint density at radius 3 is 2.93 bits per heavy atom. The molecule has 0 aliphatic rings. The predicted octanol–water partition coefficient (Wildman–Crippen LogP) is 0.330. The minimum absolute atomic E-state index is 0.429. The largest absolute Gasteiger partial charge is 0.419 e. The Balaban J connectivity index is 2.67. The third kappa shape index (κ3) is 1.46. The summed E-state index contributed by atoms with van der Waals surface area (Å²) >= 11 is 0. The Labute approximate surface area is 85.1 Å². The van der Waals surface area contributed by atoms with Gasteiger partial charge in [-0.2, -0.15) is 0 Å². The molecule has 2 rings (SSSR count). The van der Waals surface area contributed by atoms with Crippen molar-refractivity contribution in [2.75, 3.05) is 0 Å². The first-order valence-electron chi connectivity index (χ1n) is 4.44. The Morgan fingerprint density at radius 1 is 1.53 bits per heavy atom. The van der Waals surface area contributed by atoms with Crippen LogP contribution in [0.2, 0.25) is 0 Å². The molecule has 78 valence electrons. The number of fused-ring (bicyclic) bond motifs is 1. The van der Waals surface area contributed by atoms with E-state index in [1.807, 2.05) is 0 Å². The first kappa shape index (κ1) is 9.67. The van der Waals surface area contributed by atoms with Gasteiger partial charge in [-0.15, -0.1) is 0 Å². The van der Waals surface area contributed by atoms with Gasteiger partial charge in [0.25, 0.3) is 0 Å². The van der Waals surface area contributed by atoms with Crippen LogP contribution >= 0.6 is 0 Å². The molecule has 0 saturated carbocycles. The molecule has 0 fully saturated rings. The summed E-state index contributed by atoms with van der Waals surface area (Å²) in [5.74, 6) is -0.429. The van der Waals surface area contributed by atoms with Crippen molar-refractivity contribution in [2.45, 2.75) is 6.04 Å². The highest BCUT2D eigenvalue weighted by Crippen LogP contribution is 2.17. The van der Waals surface area contributed by atoms with Crippen molar-refractivity contribution in [3.63, 3.8) is 0 Å². The van der Waals surface area contributed by atoms with Crippen LogP contribution in [-0.4, -0.2) is 10.9 Å². The number of nitrogens with zero attached hydrogens (tertiary/aromatic N) is 1. The average Bonchev–Trinajstić information content (AvgIpc) is 2.53. The molecule has 1 unspecified atom stereocenters. The number of hydrogen-bond acceptors (Lipinski definition) is 4. The van der Waals surface area contributed by atoms with Crippen molar-refractivity contribution < 1.29 is 9.21 Å². The van der Waals surface area contributed by atoms with Gasteiger partial charge in [-0.3, -0.25) is 4.57 Å². The molecule has 2 aromatic rings. The van der Waals surface area contributed by atoms with Gasteiger partial charge in [0.05, 0.1) is 11.6 Å². The number of hydrogen-bond donors (Lipinski definition) is 1. The van der Waals surface area contributed by atoms with Gasteiger partial charge in [0.2, 0.25) is 0 Å². The molecule has 0 bridgehead atoms. The third-order valence-corrected chi connectivity index (χ3v) is 2.35. The zero-order valence-corrected chi connectivity index (χ0v) is 8.14. The van der Waals surface area contributed by atoms with E-state index in [-0.39, 0.29) is 0 Å². The van der Waals surface area contributed by atoms with E-state index in [4.69, 9.17) is 10.2 Å². The molecule has 1 atom stereocenters. The number of rotatable bonds is 2. The van der Waals surface area contributed by atoms with Crippen LogP contribution in [0, 0.1) is 0 Å². The van der Waals surface area contributed by atoms with Gasteiger partial charge >= 0.3 is 5.76 Å². The Morgan fingerprint density at radius 2 is 2.27 bits per heavy atom. The number of oxazole rings is 1. The Hall–Kier alpha value is -1.88. The van der Waals surface area contributed by atoms with Crippen molar-refractivity contribution in [1.29, 1.82) is 0 Å². The highest BCUT2D eigenvalue weighted by Gasteiger charge is 2.09. The molecule has 0 amide bonds. The fourth-order valence-corrected chi connectivity index (χ4v) is 1.44. The number of benzene rings is 1. The first-order chi connectivity index (χ1) is 7.13. The quantitative estimate of drug-likeness (QED) is 0.718. The van der Waals surface area contributed by atoms with Gasteiger partial charge in [0.15, 0.2) is 5.58 Å². The molecule has 0 aliphatic carbocycles. The fourth-order valence-electron chi connectivity index (χ4n) is 1.44. The van der Waals surface area contributed by atoms with Crippen LogP contribution < -0.4 is 11.5 Å². The average molecular weight is 206 g/mol. The van der Waals surface area contributed by atoms with Crippen molar-refractivity contribution >= 4 is 17.4 Å². The highest BCUT2D eigenvalue weighted by atomic mass is 16.4. The standard InChI is InChI=1S/C10H10N2O3/c1-12-8-3-2-6(7(11)5-13)4-9(8)15-10(12)14/h2-5,7H,11H2,1H3. The zero-order chi connectivity index (χ0) is 11.0. The fraction of sp³-hybridized carbons (Fsp3) is 0.200. The normalized spacial score (nSPS) is 12.9. The highest BCUT2D eigenvalue weighted by molar-refractivity contribution is 5.75. The van der Waals surface area contributed by atoms with Gasteiger partial charge in [-0.1, -0.05) is 6.07 Å². The lowest BCUT2D eigenvalue weighted by molar-refractivity contribution is -0.109. The second-order valence-electron chi connectivity index (χ2n) is 3.32. The summed E-state index contributed by atoms with van der Waals surface area (Å²) < 4.78 is 6.36. The van der Waals surface area contributed by atoms with Gasteiger partial charge in [-0.05, 0) is 17.7 Å². The van der Waals surface area contributed by atoms with Gasteiger partial charge < -0.3 is 14.9 Å². The van der Waals surface area contributed by atoms with Gasteiger partial charge in [0, 0.05) is 7.05 Å². The molecule has 15 heavy (non-hydrogen) atoms. The summed E-state index contributed by atoms with van der Waals surface area (Å²) in [5, 5.41) is 0. The topological polar surface area (TPSA) is 78.2 Å². The Kier molecular flexibility index (Phi) is 2.17. The summed E-state index contributed by atoms with van der Waals surface area (Å²) in [6, 6.07) is 4.34. The Bertz CT molecular complexity index is 568. The smallest absolute Gasteiger partial charge is 0.408 e. The zero-order valence-electron chi connectivity index (χ0n) is 8.14. The van der Waals surface area contributed by atoms with E-state index in [0.717, 1.165) is 0 Å². The van der Waals surface area contributed by atoms with Crippen LogP contribution in [0.1, 0.15) is 11.6 Å². The van der Waals surface area contributed by atoms with Gasteiger partial charge in [0.1, 0.15) is 6.29 Å². The van der Waals surface area contributed by atoms with Crippen molar-refractivity contribution in [3.8, 4) is 0 Å². The number of aryl methyl sites for hydroxylation is 1. The second kappa shape index (κ2) is 3.36. The van der Waals surface area contributed by atoms with E-state index in [1.165, 1.54) is 4.57 Å². The minimum atomic E-state index is -0.681. The molecule has 0 saturated heterocycles. The lowest BCUT2D eigenvalue weighted by Gasteiger charge is -2.02. The van der Waals surface area contributed by atoms with Crippen LogP contribution in [0.5, 0.6) is 0 Å². The molecule has 2 N–H and O–H groups in total. The van der Waals surface area contributed by atoms with Crippen molar-refractivity contribution in [1.82, 2.24) is 4.57 Å². The maximum atomic E-state index is 11.2. The third-order valence-electron chi connectivity index (χ3n) is 2.35. The maximum absolute atomic E-state index is 11.2. The van der Waals surface area contributed by atoms with E-state index in [0.29, 0.717) is 22.9 Å². The lowest BCUT2D eigenvalue weighted by Crippen LogP contribution is -2.11. The van der Waals surface area contributed by atoms with Crippen LogP contribution in [-0.2, 0) is 11.8 Å². The number of carbonyl (C=O) groups excluding carboxylic acids is 1. The molecule has 5 heteroatoms. The van der Waals surface area contributed by atoms with Crippen molar-refractivity contribution in [2.24, 2.45) is 12.8 Å². The van der Waals surface area contributed by atoms with E-state index in [1.54, 1.807) is 25.2 Å². The minimum Gasteiger partial charge on any atom is -0.408 e. The number of nitrogens with two attached hydrogens (primary N) is 1. The monoisotopic (exact) mass is 206 g/mol. The summed E-state index contributed by atoms with van der Waals surface area (Å²) in [5.41, 5.74) is 7.29. The summed E-state index contributed by atoms with van der Waals surface area (Å²) in [4.78, 5) is 21.7. The SMILES string of the molecule is Cn1c(=O)oc2cc(C(N)C=O)ccc21. The second-order valence-corrected chi connectivity index (χ2v) is 3.32. The molecule has 0 radical (unpaired) electrons. The summed E-state index contributed by atoms with van der Waals surface area (Å²) in [7, 11) is 1.62. The molecule has 5 nitrogen and oxygen atoms in total. The van der Waals surface area contributed by atoms with E-state index in [9.17, 15) is 9.59 Å². The molecule has 1 aromatic heterocycles. The summed E-state index contributed by atoms with van der Waals surface area (Å²) in [6.45, 7) is 0. The van der Waals surface area contributed by atoms with Crippen molar-refractivity contribution in [3.05, 3.63) is 34.3 Å². The number of carbonyl (C=O) groups is 1. The number of aromatic nitrogens is 1. The molecule has 0 aliphatic heterocycles.